The van der Waals surface area contributed by atoms with Crippen LogP contribution in [0.15, 0.2) is 57.8 Å². The molecule has 9 nitrogen and oxygen atoms in total. The zero-order valence-corrected chi connectivity index (χ0v) is 21.8. The van der Waals surface area contributed by atoms with Crippen molar-refractivity contribution in [3.05, 3.63) is 63.3 Å². The predicted octanol–water partition coefficient (Wildman–Crippen LogP) is 4.08. The van der Waals surface area contributed by atoms with Crippen molar-refractivity contribution in [2.45, 2.75) is 11.8 Å². The van der Waals surface area contributed by atoms with Gasteiger partial charge in [-0.3, -0.25) is 9.10 Å². The summed E-state index contributed by atoms with van der Waals surface area (Å²) in [6, 6.07) is 10.5. The maximum Gasteiger partial charge on any atom is 0.265 e. The van der Waals surface area contributed by atoms with Gasteiger partial charge in [-0.2, -0.15) is 5.10 Å². The third-order valence-electron chi connectivity index (χ3n) is 4.91. The van der Waals surface area contributed by atoms with Gasteiger partial charge in [-0.15, -0.1) is 11.3 Å². The number of benzene rings is 2. The highest BCUT2D eigenvalue weighted by molar-refractivity contribution is 7.92. The fraction of sp³-hybridized carbons (Fsp3) is 0.217. The number of nitrogens with zero attached hydrogens (tertiary/aromatic N) is 2. The molecule has 3 aromatic rings. The average Bonchev–Trinajstić information content (AvgIpc) is 3.26. The molecule has 0 aliphatic carbocycles. The molecule has 0 unspecified atom stereocenters. The molecule has 1 heterocycles. The normalized spacial score (nSPS) is 11.3. The fourth-order valence-electron chi connectivity index (χ4n) is 3.11. The number of halogens is 1. The summed E-state index contributed by atoms with van der Waals surface area (Å²) < 4.78 is 44.2. The quantitative estimate of drug-likeness (QED) is 0.308. The lowest BCUT2D eigenvalue weighted by Gasteiger charge is -2.25. The Morgan fingerprint density at radius 3 is 2.37 bits per heavy atom. The van der Waals surface area contributed by atoms with Gasteiger partial charge < -0.3 is 14.2 Å². The number of nitrogens with one attached hydrogen (secondary N) is 1. The Hall–Kier alpha value is -3.28. The second-order valence-electron chi connectivity index (χ2n) is 7.11. The second kappa shape index (κ2) is 11.4. The molecule has 1 amide bonds. The van der Waals surface area contributed by atoms with Crippen molar-refractivity contribution in [3.63, 3.8) is 0 Å². The lowest BCUT2D eigenvalue weighted by Crippen LogP contribution is -2.39. The number of hydrogen-bond donors (Lipinski definition) is 1. The first-order valence-corrected chi connectivity index (χ1v) is 12.8. The van der Waals surface area contributed by atoms with Gasteiger partial charge >= 0.3 is 0 Å². The lowest BCUT2D eigenvalue weighted by atomic mass is 10.3. The molecule has 35 heavy (non-hydrogen) atoms. The van der Waals surface area contributed by atoms with Crippen LogP contribution in [0.3, 0.4) is 0 Å². The number of rotatable bonds is 10. The first-order chi connectivity index (χ1) is 16.7. The van der Waals surface area contributed by atoms with Gasteiger partial charge in [0, 0.05) is 16.0 Å². The zero-order chi connectivity index (χ0) is 25.6. The van der Waals surface area contributed by atoms with Crippen LogP contribution >= 0.6 is 22.9 Å². The van der Waals surface area contributed by atoms with Crippen LogP contribution in [0.25, 0.3) is 0 Å². The van der Waals surface area contributed by atoms with Crippen LogP contribution < -0.4 is 23.9 Å². The van der Waals surface area contributed by atoms with E-state index in [0.29, 0.717) is 5.75 Å². The van der Waals surface area contributed by atoms with Crippen molar-refractivity contribution >= 4 is 50.8 Å². The molecule has 0 bridgehead atoms. The number of carbonyl (C=O) groups is 1. The number of hydrazone groups is 1. The van der Waals surface area contributed by atoms with Crippen LogP contribution in [0.5, 0.6) is 17.2 Å². The number of carbonyl (C=O) groups excluding carboxylic acids is 1. The number of amides is 1. The Labute approximate surface area is 212 Å². The molecule has 0 radical (unpaired) electrons. The number of hydrogen-bond acceptors (Lipinski definition) is 8. The number of anilines is 1. The summed E-state index contributed by atoms with van der Waals surface area (Å²) in [5.74, 6) is 0.117. The summed E-state index contributed by atoms with van der Waals surface area (Å²) >= 11 is 7.62. The van der Waals surface area contributed by atoms with E-state index in [1.165, 1.54) is 69.2 Å². The molecule has 12 heteroatoms. The monoisotopic (exact) mass is 537 g/mol. The molecule has 0 atom stereocenters. The van der Waals surface area contributed by atoms with Gasteiger partial charge in [0.05, 0.1) is 38.1 Å². The molecule has 1 aromatic heterocycles. The molecule has 186 valence electrons. The van der Waals surface area contributed by atoms with Crippen LogP contribution in [0.4, 0.5) is 5.69 Å². The number of aryl methyl sites for hydroxylation is 1. The van der Waals surface area contributed by atoms with Gasteiger partial charge in [-0.05, 0) is 54.3 Å². The molecular weight excluding hydrogens is 514 g/mol. The number of sulfonamides is 1. The first-order valence-electron chi connectivity index (χ1n) is 10.2. The molecule has 0 aliphatic heterocycles. The number of ether oxygens (including phenoxy) is 3. The van der Waals surface area contributed by atoms with E-state index in [9.17, 15) is 13.2 Å². The van der Waals surface area contributed by atoms with E-state index in [1.807, 2.05) is 18.4 Å². The third kappa shape index (κ3) is 6.05. The van der Waals surface area contributed by atoms with Gasteiger partial charge in [0.25, 0.3) is 15.9 Å². The van der Waals surface area contributed by atoms with Crippen molar-refractivity contribution in [2.24, 2.45) is 5.10 Å². The largest absolute Gasteiger partial charge is 0.495 e. The predicted molar refractivity (Wildman–Crippen MR) is 137 cm³/mol. The van der Waals surface area contributed by atoms with Gasteiger partial charge in [-0.25, -0.2) is 13.8 Å². The maximum absolute atomic E-state index is 13.7. The van der Waals surface area contributed by atoms with Crippen molar-refractivity contribution in [2.75, 3.05) is 32.2 Å². The molecule has 0 saturated heterocycles. The van der Waals surface area contributed by atoms with Crippen LogP contribution in [0.2, 0.25) is 5.02 Å². The molecule has 2 aromatic carbocycles. The van der Waals surface area contributed by atoms with E-state index in [2.05, 4.69) is 10.5 Å². The van der Waals surface area contributed by atoms with Crippen molar-refractivity contribution < 1.29 is 27.4 Å². The van der Waals surface area contributed by atoms with Crippen LogP contribution in [-0.2, 0) is 14.8 Å². The Kier molecular flexibility index (Phi) is 8.60. The smallest absolute Gasteiger partial charge is 0.265 e. The molecule has 3 rings (SSSR count). The minimum atomic E-state index is -4.28. The van der Waals surface area contributed by atoms with E-state index >= 15 is 0 Å². The highest BCUT2D eigenvalue weighted by atomic mass is 35.5. The highest BCUT2D eigenvalue weighted by Crippen LogP contribution is 2.36. The van der Waals surface area contributed by atoms with E-state index in [0.717, 1.165) is 14.7 Å². The van der Waals surface area contributed by atoms with Crippen molar-refractivity contribution in [3.8, 4) is 17.2 Å². The summed E-state index contributed by atoms with van der Waals surface area (Å²) in [5.41, 5.74) is 3.47. The SMILES string of the molecule is COc1ccc(S(=O)(=O)N(CC(=O)NN=Cc2sccc2C)c2cc(Cl)ccc2OC)cc1OC. The Balaban J connectivity index is 2.00. The van der Waals surface area contributed by atoms with Crippen LogP contribution in [-0.4, -0.2) is 48.4 Å². The molecule has 1 N–H and O–H groups in total. The maximum atomic E-state index is 13.7. The molecule has 0 spiro atoms. The van der Waals surface area contributed by atoms with Crippen molar-refractivity contribution in [1.29, 1.82) is 0 Å². The van der Waals surface area contributed by atoms with E-state index < -0.39 is 22.5 Å². The summed E-state index contributed by atoms with van der Waals surface area (Å²) in [6.07, 6.45) is 1.51. The van der Waals surface area contributed by atoms with E-state index in [-0.39, 0.29) is 27.1 Å². The summed E-state index contributed by atoms with van der Waals surface area (Å²) in [4.78, 5) is 13.5. The van der Waals surface area contributed by atoms with E-state index in [4.69, 9.17) is 25.8 Å². The Morgan fingerprint density at radius 1 is 1.06 bits per heavy atom. The van der Waals surface area contributed by atoms with Gasteiger partial charge in [-0.1, -0.05) is 11.6 Å². The van der Waals surface area contributed by atoms with Gasteiger partial charge in [0.15, 0.2) is 11.5 Å². The first kappa shape index (κ1) is 26.3. The third-order valence-corrected chi connectivity index (χ3v) is 7.86. The molecule has 0 saturated carbocycles. The molecule has 0 fully saturated rings. The summed E-state index contributed by atoms with van der Waals surface area (Å²) in [5, 5.41) is 6.12. The zero-order valence-electron chi connectivity index (χ0n) is 19.4. The van der Waals surface area contributed by atoms with E-state index in [1.54, 1.807) is 6.07 Å². The Morgan fingerprint density at radius 2 is 1.74 bits per heavy atom. The summed E-state index contributed by atoms with van der Waals surface area (Å²) in [6.45, 7) is 1.33. The van der Waals surface area contributed by atoms with Crippen LogP contribution in [0, 0.1) is 6.92 Å². The van der Waals surface area contributed by atoms with Gasteiger partial charge in [0.2, 0.25) is 0 Å². The standard InChI is InChI=1S/C23H24ClN3O6S2/c1-15-9-10-34-22(15)13-25-26-23(28)14-27(18-11-16(24)5-7-19(18)31-2)35(29,30)17-6-8-20(32-3)21(12-17)33-4/h5-13H,14H2,1-4H3,(H,26,28). The topological polar surface area (TPSA) is 107 Å². The Bertz CT molecular complexity index is 1340. The second-order valence-corrected chi connectivity index (χ2v) is 10.4. The summed E-state index contributed by atoms with van der Waals surface area (Å²) in [7, 11) is -0.0543. The molecule has 0 aliphatic rings. The number of thiophene rings is 1. The highest BCUT2D eigenvalue weighted by Gasteiger charge is 2.30. The fourth-order valence-corrected chi connectivity index (χ4v) is 5.50. The minimum absolute atomic E-state index is 0.0861. The van der Waals surface area contributed by atoms with Gasteiger partial charge in [0.1, 0.15) is 12.3 Å². The van der Waals surface area contributed by atoms with Crippen molar-refractivity contribution in [1.82, 2.24) is 5.43 Å². The number of methoxy groups -OCH3 is 3. The molecular formula is C23H24ClN3O6S2. The average molecular weight is 538 g/mol. The van der Waals surface area contributed by atoms with Crippen LogP contribution in [0.1, 0.15) is 10.4 Å². The minimum Gasteiger partial charge on any atom is -0.495 e. The lowest BCUT2D eigenvalue weighted by molar-refractivity contribution is -0.119.